The highest BCUT2D eigenvalue weighted by molar-refractivity contribution is 5.20. The third-order valence-corrected chi connectivity index (χ3v) is 3.91. The Morgan fingerprint density at radius 1 is 1.44 bits per heavy atom. The summed E-state index contributed by atoms with van der Waals surface area (Å²) in [6.45, 7) is 4.14. The molecule has 3 atom stereocenters. The van der Waals surface area contributed by atoms with Gasteiger partial charge >= 0.3 is 0 Å². The number of hydrogen-bond acceptors (Lipinski definition) is 3. The Labute approximate surface area is 109 Å². The maximum Gasteiger partial charge on any atom is 0.0641 e. The molecule has 1 heterocycles. The monoisotopic (exact) mass is 243 g/mol. The lowest BCUT2D eigenvalue weighted by atomic mass is 10.0. The topological polar surface area (TPSA) is 53.0 Å². The Kier molecular flexibility index (Phi) is 4.35. The van der Waals surface area contributed by atoms with E-state index < -0.39 is 0 Å². The number of rotatable bonds is 4. The molecule has 3 heteroatoms. The molecule has 3 nitrogen and oxygen atoms in total. The van der Waals surface area contributed by atoms with E-state index in [-0.39, 0.29) is 12.1 Å². The number of likely N-dealkylation sites (tertiary alicyclic amines) is 1. The molecule has 2 N–H and O–H groups in total. The van der Waals surface area contributed by atoms with Crippen LogP contribution in [-0.2, 0) is 0 Å². The average molecular weight is 243 g/mol. The normalized spacial score (nSPS) is 23.5. The van der Waals surface area contributed by atoms with E-state index >= 15 is 0 Å². The Bertz CT molecular complexity index is 407. The average Bonchev–Trinajstić information content (AvgIpc) is 2.86. The lowest BCUT2D eigenvalue weighted by Crippen LogP contribution is -2.31. The quantitative estimate of drug-likeness (QED) is 0.883. The second-order valence-corrected chi connectivity index (χ2v) is 5.19. The highest BCUT2D eigenvalue weighted by Crippen LogP contribution is 2.30. The van der Waals surface area contributed by atoms with Crippen LogP contribution in [0.1, 0.15) is 31.4 Å². The Morgan fingerprint density at radius 2 is 2.17 bits per heavy atom. The first-order valence-corrected chi connectivity index (χ1v) is 6.64. The van der Waals surface area contributed by atoms with Gasteiger partial charge in [0.1, 0.15) is 0 Å². The van der Waals surface area contributed by atoms with Gasteiger partial charge in [0.05, 0.1) is 12.5 Å². The first kappa shape index (κ1) is 13.1. The second-order valence-electron chi connectivity index (χ2n) is 5.19. The molecule has 18 heavy (non-hydrogen) atoms. The summed E-state index contributed by atoms with van der Waals surface area (Å²) in [5.74, 6) is 0.565. The van der Waals surface area contributed by atoms with Crippen LogP contribution in [0.2, 0.25) is 0 Å². The number of hydrogen-bond donors (Lipinski definition) is 1. The summed E-state index contributed by atoms with van der Waals surface area (Å²) in [6.07, 6.45) is 1.70. The van der Waals surface area contributed by atoms with Gasteiger partial charge in [-0.15, -0.1) is 0 Å². The van der Waals surface area contributed by atoms with Crippen molar-refractivity contribution in [3.63, 3.8) is 0 Å². The van der Waals surface area contributed by atoms with Crippen LogP contribution in [0.3, 0.4) is 0 Å². The van der Waals surface area contributed by atoms with Crippen molar-refractivity contribution >= 4 is 0 Å². The maximum atomic E-state index is 9.03. The molecule has 1 fully saturated rings. The van der Waals surface area contributed by atoms with Crippen molar-refractivity contribution in [2.24, 2.45) is 11.7 Å². The molecular formula is C15H21N3. The van der Waals surface area contributed by atoms with Gasteiger partial charge < -0.3 is 5.73 Å². The summed E-state index contributed by atoms with van der Waals surface area (Å²) < 4.78 is 0. The van der Waals surface area contributed by atoms with E-state index in [4.69, 9.17) is 11.0 Å². The summed E-state index contributed by atoms with van der Waals surface area (Å²) in [5, 5.41) is 9.03. The summed E-state index contributed by atoms with van der Waals surface area (Å²) in [7, 11) is 0. The van der Waals surface area contributed by atoms with Crippen molar-refractivity contribution in [3.8, 4) is 6.07 Å². The van der Waals surface area contributed by atoms with E-state index in [1.54, 1.807) is 0 Å². The molecule has 0 amide bonds. The summed E-state index contributed by atoms with van der Waals surface area (Å²) in [4.78, 5) is 2.41. The fraction of sp³-hybridized carbons (Fsp3) is 0.533. The SMILES string of the molecule is CC(N)C1CCN(C(CC#N)c2ccccc2)C1. The van der Waals surface area contributed by atoms with Crippen LogP contribution in [-0.4, -0.2) is 24.0 Å². The van der Waals surface area contributed by atoms with Crippen molar-refractivity contribution in [2.75, 3.05) is 13.1 Å². The largest absolute Gasteiger partial charge is 0.328 e. The zero-order valence-electron chi connectivity index (χ0n) is 10.9. The molecule has 0 saturated carbocycles. The molecule has 0 aliphatic carbocycles. The molecule has 1 aromatic rings. The predicted octanol–water partition coefficient (Wildman–Crippen LogP) is 2.31. The third kappa shape index (κ3) is 2.90. The summed E-state index contributed by atoms with van der Waals surface area (Å²) in [5.41, 5.74) is 7.22. The summed E-state index contributed by atoms with van der Waals surface area (Å²) in [6, 6.07) is 13.1. The first-order chi connectivity index (χ1) is 8.72. The van der Waals surface area contributed by atoms with Gasteiger partial charge in [-0.3, -0.25) is 4.90 Å². The molecule has 96 valence electrons. The molecule has 1 saturated heterocycles. The van der Waals surface area contributed by atoms with E-state index in [0.29, 0.717) is 12.3 Å². The lowest BCUT2D eigenvalue weighted by Gasteiger charge is -2.27. The van der Waals surface area contributed by atoms with Crippen molar-refractivity contribution in [2.45, 2.75) is 31.8 Å². The van der Waals surface area contributed by atoms with Gasteiger partial charge in [0.25, 0.3) is 0 Å². The molecule has 0 aromatic heterocycles. The molecule has 1 aromatic carbocycles. The minimum absolute atomic E-state index is 0.222. The van der Waals surface area contributed by atoms with E-state index in [1.165, 1.54) is 5.56 Å². The van der Waals surface area contributed by atoms with Gasteiger partial charge in [0.15, 0.2) is 0 Å². The first-order valence-electron chi connectivity index (χ1n) is 6.64. The van der Waals surface area contributed by atoms with Crippen LogP contribution in [0.25, 0.3) is 0 Å². The van der Waals surface area contributed by atoms with Gasteiger partial charge in [0.2, 0.25) is 0 Å². The van der Waals surface area contributed by atoms with Crippen molar-refractivity contribution in [1.82, 2.24) is 4.90 Å². The zero-order valence-corrected chi connectivity index (χ0v) is 10.9. The number of nitrogens with zero attached hydrogens (tertiary/aromatic N) is 2. The van der Waals surface area contributed by atoms with Crippen LogP contribution in [0.4, 0.5) is 0 Å². The third-order valence-electron chi connectivity index (χ3n) is 3.91. The van der Waals surface area contributed by atoms with Gasteiger partial charge in [-0.25, -0.2) is 0 Å². The van der Waals surface area contributed by atoms with Crippen LogP contribution >= 0.6 is 0 Å². The Hall–Kier alpha value is -1.37. The van der Waals surface area contributed by atoms with Gasteiger partial charge in [0, 0.05) is 18.6 Å². The van der Waals surface area contributed by atoms with Gasteiger partial charge in [-0.05, 0) is 31.4 Å². The zero-order chi connectivity index (χ0) is 13.0. The minimum atomic E-state index is 0.222. The molecule has 2 rings (SSSR count). The number of nitriles is 1. The van der Waals surface area contributed by atoms with Crippen LogP contribution in [0.5, 0.6) is 0 Å². The van der Waals surface area contributed by atoms with Gasteiger partial charge in [-0.2, -0.15) is 5.26 Å². The molecule has 0 bridgehead atoms. The fourth-order valence-corrected chi connectivity index (χ4v) is 2.75. The number of nitrogens with two attached hydrogens (primary N) is 1. The Morgan fingerprint density at radius 3 is 2.72 bits per heavy atom. The van der Waals surface area contributed by atoms with Crippen molar-refractivity contribution < 1.29 is 0 Å². The molecular weight excluding hydrogens is 222 g/mol. The highest BCUT2D eigenvalue weighted by Gasteiger charge is 2.30. The molecule has 0 spiro atoms. The van der Waals surface area contributed by atoms with E-state index in [0.717, 1.165) is 19.5 Å². The standard InChI is InChI=1S/C15H21N3/c1-12(17)14-8-10-18(11-14)15(7-9-16)13-5-3-2-4-6-13/h2-6,12,14-15H,7-8,10-11,17H2,1H3. The van der Waals surface area contributed by atoms with Crippen molar-refractivity contribution in [1.29, 1.82) is 5.26 Å². The molecule has 1 aliphatic heterocycles. The molecule has 1 aliphatic rings. The smallest absolute Gasteiger partial charge is 0.0641 e. The highest BCUT2D eigenvalue weighted by atomic mass is 15.2. The number of benzene rings is 1. The predicted molar refractivity (Wildman–Crippen MR) is 72.7 cm³/mol. The molecule has 0 radical (unpaired) electrons. The van der Waals surface area contributed by atoms with Gasteiger partial charge in [-0.1, -0.05) is 30.3 Å². The van der Waals surface area contributed by atoms with E-state index in [2.05, 4.69) is 30.0 Å². The van der Waals surface area contributed by atoms with E-state index in [9.17, 15) is 0 Å². The van der Waals surface area contributed by atoms with Crippen LogP contribution < -0.4 is 5.73 Å². The lowest BCUT2D eigenvalue weighted by molar-refractivity contribution is 0.235. The summed E-state index contributed by atoms with van der Waals surface area (Å²) >= 11 is 0. The van der Waals surface area contributed by atoms with Crippen LogP contribution in [0.15, 0.2) is 30.3 Å². The minimum Gasteiger partial charge on any atom is -0.328 e. The maximum absolute atomic E-state index is 9.03. The fourth-order valence-electron chi connectivity index (χ4n) is 2.75. The second kappa shape index (κ2) is 5.99. The molecule has 3 unspecified atom stereocenters. The van der Waals surface area contributed by atoms with Crippen molar-refractivity contribution in [3.05, 3.63) is 35.9 Å². The Balaban J connectivity index is 2.10. The van der Waals surface area contributed by atoms with Crippen LogP contribution in [0, 0.1) is 17.2 Å². The van der Waals surface area contributed by atoms with E-state index in [1.807, 2.05) is 18.2 Å².